The van der Waals surface area contributed by atoms with Gasteiger partial charge in [-0.2, -0.15) is 0 Å². The minimum atomic E-state index is -0.655. The Bertz CT molecular complexity index is 603. The second kappa shape index (κ2) is 3.41. The number of fused-ring (bicyclic) bond motifs is 2. The van der Waals surface area contributed by atoms with Gasteiger partial charge in [0.1, 0.15) is 12.0 Å². The Hall–Kier alpha value is -1.46. The van der Waals surface area contributed by atoms with Crippen molar-refractivity contribution >= 4 is 12.4 Å². The van der Waals surface area contributed by atoms with Crippen molar-refractivity contribution in [1.82, 2.24) is 0 Å². The van der Waals surface area contributed by atoms with Gasteiger partial charge in [-0.15, -0.1) is 0 Å². The van der Waals surface area contributed by atoms with Gasteiger partial charge >= 0.3 is 6.92 Å². The Morgan fingerprint density at radius 1 is 1.25 bits per heavy atom. The van der Waals surface area contributed by atoms with Gasteiger partial charge in [0.05, 0.1) is 11.5 Å². The second-order valence-electron chi connectivity index (χ2n) is 6.26. The molecule has 2 spiro atoms. The van der Waals surface area contributed by atoms with E-state index in [-0.39, 0.29) is 17.3 Å². The topological polar surface area (TPSA) is 47.9 Å². The SMILES string of the molecule is OB(c1ccccc1)C1CC2O[C@]34COC(=CO3)CC214. The fourth-order valence-electron chi connectivity index (χ4n) is 4.47. The number of rotatable bonds is 2. The molecule has 1 aromatic carbocycles. The van der Waals surface area contributed by atoms with Crippen LogP contribution in [0.5, 0.6) is 0 Å². The molecule has 5 heteroatoms. The molecule has 1 N–H and O–H groups in total. The van der Waals surface area contributed by atoms with E-state index in [4.69, 9.17) is 14.2 Å². The molecule has 0 aromatic heterocycles. The van der Waals surface area contributed by atoms with Crippen LogP contribution in [-0.4, -0.2) is 30.4 Å². The highest BCUT2D eigenvalue weighted by Crippen LogP contribution is 2.74. The van der Waals surface area contributed by atoms with Crippen molar-refractivity contribution in [2.75, 3.05) is 6.61 Å². The van der Waals surface area contributed by atoms with E-state index in [0.29, 0.717) is 6.61 Å². The minimum Gasteiger partial charge on any atom is -0.488 e. The summed E-state index contributed by atoms with van der Waals surface area (Å²) in [5.41, 5.74) is 0.883. The predicted octanol–water partition coefficient (Wildman–Crippen LogP) is 1.02. The van der Waals surface area contributed by atoms with E-state index in [1.165, 1.54) is 0 Å². The fourth-order valence-corrected chi connectivity index (χ4v) is 4.47. The Morgan fingerprint density at radius 2 is 2.10 bits per heavy atom. The highest BCUT2D eigenvalue weighted by Gasteiger charge is 2.82. The Kier molecular flexibility index (Phi) is 1.91. The molecular formula is C15H15BO4. The first-order chi connectivity index (χ1) is 9.75. The Morgan fingerprint density at radius 3 is 2.75 bits per heavy atom. The van der Waals surface area contributed by atoms with Crippen molar-refractivity contribution in [1.29, 1.82) is 0 Å². The molecule has 0 amide bonds. The van der Waals surface area contributed by atoms with Crippen LogP contribution in [0.1, 0.15) is 12.8 Å². The maximum Gasteiger partial charge on any atom is 0.327 e. The summed E-state index contributed by atoms with van der Waals surface area (Å²) in [4.78, 5) is 0. The van der Waals surface area contributed by atoms with Crippen molar-refractivity contribution in [2.45, 2.75) is 30.5 Å². The van der Waals surface area contributed by atoms with Crippen molar-refractivity contribution < 1.29 is 19.2 Å². The third-order valence-electron chi connectivity index (χ3n) is 5.56. The average Bonchev–Trinajstić information content (AvgIpc) is 2.52. The van der Waals surface area contributed by atoms with Gasteiger partial charge in [0.2, 0.25) is 0 Å². The molecule has 3 fully saturated rings. The van der Waals surface area contributed by atoms with E-state index < -0.39 is 12.7 Å². The zero-order valence-corrected chi connectivity index (χ0v) is 11.0. The van der Waals surface area contributed by atoms with Gasteiger partial charge in [-0.3, -0.25) is 0 Å². The lowest BCUT2D eigenvalue weighted by Gasteiger charge is -2.74. The van der Waals surface area contributed by atoms with Crippen LogP contribution in [0.2, 0.25) is 5.82 Å². The summed E-state index contributed by atoms with van der Waals surface area (Å²) >= 11 is 0. The first kappa shape index (κ1) is 11.2. The number of hydrogen-bond donors (Lipinski definition) is 1. The summed E-state index contributed by atoms with van der Waals surface area (Å²) in [6.45, 7) is -0.00959. The van der Waals surface area contributed by atoms with E-state index >= 15 is 0 Å². The molecule has 0 radical (unpaired) electrons. The molecule has 20 heavy (non-hydrogen) atoms. The molecule has 3 unspecified atom stereocenters. The fraction of sp³-hybridized carbons (Fsp3) is 0.467. The molecule has 1 aliphatic carbocycles. The smallest absolute Gasteiger partial charge is 0.327 e. The van der Waals surface area contributed by atoms with Crippen LogP contribution in [0.15, 0.2) is 42.4 Å². The first-order valence-electron chi connectivity index (χ1n) is 7.16. The summed E-state index contributed by atoms with van der Waals surface area (Å²) < 4.78 is 17.3. The molecule has 4 heterocycles. The molecule has 1 aromatic rings. The molecule has 1 saturated carbocycles. The summed E-state index contributed by atoms with van der Waals surface area (Å²) in [6.07, 6.45) is 3.61. The van der Waals surface area contributed by atoms with Crippen LogP contribution < -0.4 is 5.46 Å². The quantitative estimate of drug-likeness (QED) is 0.815. The van der Waals surface area contributed by atoms with Gasteiger partial charge in [-0.1, -0.05) is 30.3 Å². The van der Waals surface area contributed by atoms with Crippen LogP contribution in [0, 0.1) is 5.41 Å². The third-order valence-corrected chi connectivity index (χ3v) is 5.56. The van der Waals surface area contributed by atoms with Crippen LogP contribution >= 0.6 is 0 Å². The molecular weight excluding hydrogens is 255 g/mol. The Balaban J connectivity index is 1.51. The maximum absolute atomic E-state index is 10.7. The first-order valence-corrected chi connectivity index (χ1v) is 7.16. The van der Waals surface area contributed by atoms with E-state index in [9.17, 15) is 5.02 Å². The summed E-state index contributed by atoms with van der Waals surface area (Å²) in [5, 5.41) is 10.7. The van der Waals surface area contributed by atoms with E-state index in [1.54, 1.807) is 6.26 Å². The largest absolute Gasteiger partial charge is 0.488 e. The van der Waals surface area contributed by atoms with Crippen LogP contribution in [0.25, 0.3) is 0 Å². The number of allylic oxidation sites excluding steroid dienone is 1. The third kappa shape index (κ3) is 1.06. The molecule has 6 rings (SSSR count). The lowest BCUT2D eigenvalue weighted by atomic mass is 9.31. The molecule has 5 aliphatic rings. The van der Waals surface area contributed by atoms with Gasteiger partial charge in [0.15, 0.2) is 6.61 Å². The van der Waals surface area contributed by atoms with E-state index in [0.717, 1.165) is 24.1 Å². The zero-order chi connectivity index (χ0) is 13.4. The molecule has 4 atom stereocenters. The number of hydrogen-bond acceptors (Lipinski definition) is 4. The normalized spacial score (nSPS) is 43.0. The molecule has 4 aliphatic heterocycles. The van der Waals surface area contributed by atoms with Gasteiger partial charge in [0, 0.05) is 6.42 Å². The standard InChI is InChI=1S/C15H15BO4/c17-16(10-4-2-1-3-5-10)12-6-13-14(12)7-11-8-19-15(14,20-13)9-18-11/h1-5,8,12-13,17H,6-7,9H2/t12?,13?,14?,15-/m0/s1. The van der Waals surface area contributed by atoms with Gasteiger partial charge < -0.3 is 19.2 Å². The van der Waals surface area contributed by atoms with Crippen molar-refractivity contribution in [3.05, 3.63) is 42.4 Å². The van der Waals surface area contributed by atoms with E-state index in [2.05, 4.69) is 0 Å². The predicted molar refractivity (Wildman–Crippen MR) is 72.2 cm³/mol. The number of ether oxygens (including phenoxy) is 3. The van der Waals surface area contributed by atoms with Crippen molar-refractivity contribution in [3.63, 3.8) is 0 Å². The van der Waals surface area contributed by atoms with Gasteiger partial charge in [-0.25, -0.2) is 0 Å². The molecule has 2 saturated heterocycles. The second-order valence-corrected chi connectivity index (χ2v) is 6.26. The van der Waals surface area contributed by atoms with Crippen molar-refractivity contribution in [2.24, 2.45) is 5.41 Å². The van der Waals surface area contributed by atoms with Gasteiger partial charge in [0.25, 0.3) is 5.79 Å². The summed E-state index contributed by atoms with van der Waals surface area (Å²) in [5.74, 6) is 0.416. The van der Waals surface area contributed by atoms with Gasteiger partial charge in [-0.05, 0) is 17.7 Å². The zero-order valence-electron chi connectivity index (χ0n) is 11.0. The lowest BCUT2D eigenvalue weighted by Crippen LogP contribution is -2.83. The molecule has 102 valence electrons. The minimum absolute atomic E-state index is 0.0927. The average molecular weight is 270 g/mol. The highest BCUT2D eigenvalue weighted by molar-refractivity contribution is 6.68. The summed E-state index contributed by atoms with van der Waals surface area (Å²) in [7, 11) is 0. The highest BCUT2D eigenvalue weighted by atomic mass is 16.8. The van der Waals surface area contributed by atoms with Crippen LogP contribution in [0.3, 0.4) is 0 Å². The Labute approximate surface area is 117 Å². The van der Waals surface area contributed by atoms with Crippen LogP contribution in [-0.2, 0) is 14.2 Å². The molecule has 2 bridgehead atoms. The maximum atomic E-state index is 10.7. The van der Waals surface area contributed by atoms with Crippen molar-refractivity contribution in [3.8, 4) is 0 Å². The van der Waals surface area contributed by atoms with E-state index in [1.807, 2.05) is 30.3 Å². The molecule has 4 nitrogen and oxygen atoms in total. The number of benzene rings is 1. The van der Waals surface area contributed by atoms with Crippen LogP contribution in [0.4, 0.5) is 0 Å². The monoisotopic (exact) mass is 270 g/mol. The lowest BCUT2D eigenvalue weighted by molar-refractivity contribution is -0.480. The summed E-state index contributed by atoms with van der Waals surface area (Å²) in [6, 6.07) is 9.87.